The Hall–Kier alpha value is -1.43. The van der Waals surface area contributed by atoms with Crippen molar-refractivity contribution in [1.82, 2.24) is 5.32 Å². The number of rotatable bonds is 6. The predicted molar refractivity (Wildman–Crippen MR) is 102 cm³/mol. The van der Waals surface area contributed by atoms with Gasteiger partial charge in [-0.1, -0.05) is 37.3 Å². The van der Waals surface area contributed by atoms with Gasteiger partial charge in [-0.05, 0) is 25.7 Å². The van der Waals surface area contributed by atoms with Gasteiger partial charge in [-0.15, -0.1) is 0 Å². The molecular weight excluding hydrogens is 326 g/mol. The van der Waals surface area contributed by atoms with Crippen LogP contribution in [0.15, 0.2) is 30.3 Å². The lowest BCUT2D eigenvalue weighted by molar-refractivity contribution is -0.940. The number of piperidine rings is 1. The lowest BCUT2D eigenvalue weighted by Crippen LogP contribution is -3.16. The van der Waals surface area contributed by atoms with E-state index in [4.69, 9.17) is 4.74 Å². The second-order valence-electron chi connectivity index (χ2n) is 8.12. The third kappa shape index (κ3) is 5.29. The van der Waals surface area contributed by atoms with Gasteiger partial charge in [0.15, 0.2) is 6.54 Å². The Morgan fingerprint density at radius 1 is 1.15 bits per heavy atom. The molecule has 0 aromatic heterocycles. The topological polar surface area (TPSA) is 47.2 Å². The zero-order valence-electron chi connectivity index (χ0n) is 16.3. The van der Waals surface area contributed by atoms with Gasteiger partial charge in [0.25, 0.3) is 5.91 Å². The van der Waals surface area contributed by atoms with Crippen molar-refractivity contribution in [2.24, 2.45) is 5.92 Å². The van der Waals surface area contributed by atoms with Gasteiger partial charge in [0.05, 0.1) is 32.3 Å². The average Bonchev–Trinajstić information content (AvgIpc) is 2.65. The number of quaternary nitrogens is 2. The van der Waals surface area contributed by atoms with Gasteiger partial charge in [0.1, 0.15) is 19.1 Å². The smallest absolute Gasteiger partial charge is 0.275 e. The summed E-state index contributed by atoms with van der Waals surface area (Å²) in [7, 11) is 0. The number of morpholine rings is 1. The maximum Gasteiger partial charge on any atom is 0.275 e. The Morgan fingerprint density at radius 3 is 2.46 bits per heavy atom. The van der Waals surface area contributed by atoms with E-state index >= 15 is 0 Å². The van der Waals surface area contributed by atoms with Crippen LogP contribution in [0.5, 0.6) is 0 Å². The number of nitrogens with one attached hydrogen (secondary N) is 3. The molecule has 1 aromatic carbocycles. The van der Waals surface area contributed by atoms with Gasteiger partial charge in [-0.3, -0.25) is 4.79 Å². The molecule has 1 aromatic rings. The lowest BCUT2D eigenvalue weighted by atomic mass is 9.97. The molecule has 3 N–H and O–H groups in total. The summed E-state index contributed by atoms with van der Waals surface area (Å²) in [6.45, 7) is 10.9. The highest BCUT2D eigenvalue weighted by atomic mass is 16.5. The van der Waals surface area contributed by atoms with Crippen molar-refractivity contribution in [3.8, 4) is 0 Å². The fourth-order valence-electron chi connectivity index (χ4n) is 4.45. The molecule has 2 heterocycles. The number of carbonyl (C=O) groups excluding carboxylic acids is 1. The van der Waals surface area contributed by atoms with Gasteiger partial charge in [0, 0.05) is 5.56 Å². The maximum atomic E-state index is 12.7. The van der Waals surface area contributed by atoms with Crippen molar-refractivity contribution in [1.29, 1.82) is 0 Å². The van der Waals surface area contributed by atoms with Crippen LogP contribution in [0.1, 0.15) is 38.3 Å². The molecule has 5 heteroatoms. The van der Waals surface area contributed by atoms with E-state index in [2.05, 4.69) is 49.5 Å². The minimum Gasteiger partial charge on any atom is -0.370 e. The van der Waals surface area contributed by atoms with E-state index in [1.807, 2.05) is 0 Å². The van der Waals surface area contributed by atoms with Gasteiger partial charge >= 0.3 is 0 Å². The number of amides is 1. The molecule has 3 rings (SSSR count). The molecule has 0 aliphatic carbocycles. The summed E-state index contributed by atoms with van der Waals surface area (Å²) >= 11 is 0. The molecule has 0 bridgehead atoms. The van der Waals surface area contributed by atoms with Gasteiger partial charge < -0.3 is 19.9 Å². The summed E-state index contributed by atoms with van der Waals surface area (Å²) in [5.41, 5.74) is 1.30. The fourth-order valence-corrected chi connectivity index (χ4v) is 4.45. The van der Waals surface area contributed by atoms with E-state index in [-0.39, 0.29) is 18.0 Å². The van der Waals surface area contributed by atoms with Crippen molar-refractivity contribution in [3.63, 3.8) is 0 Å². The third-order valence-electron chi connectivity index (χ3n) is 6.01. The van der Waals surface area contributed by atoms with E-state index in [1.54, 1.807) is 0 Å². The molecule has 2 aliphatic rings. The van der Waals surface area contributed by atoms with Crippen LogP contribution < -0.4 is 15.1 Å². The second-order valence-corrected chi connectivity index (χ2v) is 8.12. The molecule has 2 atom stereocenters. The Bertz CT molecular complexity index is 552. The van der Waals surface area contributed by atoms with Crippen molar-refractivity contribution < 1.29 is 19.3 Å². The first-order valence-corrected chi connectivity index (χ1v) is 10.2. The molecule has 0 saturated carbocycles. The van der Waals surface area contributed by atoms with Crippen LogP contribution in [0.4, 0.5) is 0 Å². The lowest BCUT2D eigenvalue weighted by Gasteiger charge is -2.35. The van der Waals surface area contributed by atoms with Gasteiger partial charge in [-0.2, -0.15) is 0 Å². The molecule has 5 nitrogen and oxygen atoms in total. The normalized spacial score (nSPS) is 26.8. The fraction of sp³-hybridized carbons (Fsp3) is 0.667. The first kappa shape index (κ1) is 19.3. The number of benzene rings is 1. The highest BCUT2D eigenvalue weighted by molar-refractivity contribution is 5.77. The third-order valence-corrected chi connectivity index (χ3v) is 6.01. The second kappa shape index (κ2) is 9.49. The first-order valence-electron chi connectivity index (χ1n) is 10.2. The molecule has 0 spiro atoms. The maximum absolute atomic E-state index is 12.7. The largest absolute Gasteiger partial charge is 0.370 e. The molecule has 2 saturated heterocycles. The van der Waals surface area contributed by atoms with Crippen LogP contribution in [0, 0.1) is 5.92 Å². The molecule has 144 valence electrons. The van der Waals surface area contributed by atoms with E-state index in [0.717, 1.165) is 45.3 Å². The highest BCUT2D eigenvalue weighted by Gasteiger charge is 2.33. The van der Waals surface area contributed by atoms with E-state index < -0.39 is 0 Å². The highest BCUT2D eigenvalue weighted by Crippen LogP contribution is 2.14. The predicted octanol–water partition coefficient (Wildman–Crippen LogP) is -0.538. The van der Waals surface area contributed by atoms with Crippen LogP contribution in [-0.2, 0) is 9.53 Å². The Labute approximate surface area is 157 Å². The quantitative estimate of drug-likeness (QED) is 0.638. The van der Waals surface area contributed by atoms with Crippen LogP contribution in [0.25, 0.3) is 0 Å². The number of hydrogen-bond donors (Lipinski definition) is 3. The zero-order chi connectivity index (χ0) is 18.4. The number of ether oxygens (including phenoxy) is 1. The molecular formula is C21H35N3O2+2. The summed E-state index contributed by atoms with van der Waals surface area (Å²) in [6, 6.07) is 11.0. The Kier molecular flexibility index (Phi) is 7.06. The standard InChI is InChI=1S/C21H33N3O2/c1-17-8-10-23(11-9-17)16-20(25)22-18(2)21(19-6-4-3-5-7-19)24-12-14-26-15-13-24/h3-7,17-18,21H,8-16H2,1-2H3,(H,22,25)/p+2/t18-,21-/m0/s1. The number of likely N-dealkylation sites (tertiary alicyclic amines) is 1. The number of carbonyl (C=O) groups is 1. The van der Waals surface area contributed by atoms with E-state index in [0.29, 0.717) is 6.54 Å². The number of hydrogen-bond acceptors (Lipinski definition) is 2. The van der Waals surface area contributed by atoms with Crippen molar-refractivity contribution in [2.45, 2.75) is 38.8 Å². The zero-order valence-corrected chi connectivity index (χ0v) is 16.3. The molecule has 2 aliphatic heterocycles. The molecule has 0 unspecified atom stereocenters. The van der Waals surface area contributed by atoms with Gasteiger partial charge in [-0.25, -0.2) is 0 Å². The van der Waals surface area contributed by atoms with Crippen LogP contribution in [0.2, 0.25) is 0 Å². The first-order chi connectivity index (χ1) is 12.6. The van der Waals surface area contributed by atoms with Crippen molar-refractivity contribution in [2.75, 3.05) is 45.9 Å². The Morgan fingerprint density at radius 2 is 1.81 bits per heavy atom. The summed E-state index contributed by atoms with van der Waals surface area (Å²) < 4.78 is 5.54. The van der Waals surface area contributed by atoms with Crippen molar-refractivity contribution >= 4 is 5.91 Å². The monoisotopic (exact) mass is 361 g/mol. The molecule has 2 fully saturated rings. The average molecular weight is 362 g/mol. The minimum atomic E-state index is 0.112. The van der Waals surface area contributed by atoms with Crippen molar-refractivity contribution in [3.05, 3.63) is 35.9 Å². The van der Waals surface area contributed by atoms with E-state index in [1.165, 1.54) is 28.2 Å². The summed E-state index contributed by atoms with van der Waals surface area (Å²) in [5, 5.41) is 3.31. The van der Waals surface area contributed by atoms with Gasteiger partial charge in [0.2, 0.25) is 0 Å². The minimum absolute atomic E-state index is 0.112. The molecule has 1 amide bonds. The molecule has 26 heavy (non-hydrogen) atoms. The van der Waals surface area contributed by atoms with Crippen LogP contribution in [-0.4, -0.2) is 57.9 Å². The van der Waals surface area contributed by atoms with Crippen LogP contribution in [0.3, 0.4) is 0 Å². The van der Waals surface area contributed by atoms with E-state index in [9.17, 15) is 4.79 Å². The SMILES string of the molecule is CC1CC[NH+](CC(=O)N[C@@H](C)[C@@H](c2ccccc2)[NH+]2CCOCC2)CC1. The summed E-state index contributed by atoms with van der Waals surface area (Å²) in [5.74, 6) is 1.00. The van der Waals surface area contributed by atoms with Crippen LogP contribution >= 0.6 is 0 Å². The summed E-state index contributed by atoms with van der Waals surface area (Å²) in [4.78, 5) is 15.6. The summed E-state index contributed by atoms with van der Waals surface area (Å²) in [6.07, 6.45) is 2.48. The Balaban J connectivity index is 1.61. The molecule has 0 radical (unpaired) electrons.